The number of unbranched alkanes of at least 4 members (excludes halogenated alkanes) is 18. The molecule has 0 aliphatic carbocycles. The second-order valence-corrected chi connectivity index (χ2v) is 15.5. The number of aliphatic hydroxyl groups excluding tert-OH is 8. The van der Waals surface area contributed by atoms with E-state index in [2.05, 4.69) is 19.2 Å². The summed E-state index contributed by atoms with van der Waals surface area (Å²) in [6.45, 7) is 2.71. The standard InChI is InChI=1S/C41H77NO13/c1-3-5-7-9-11-13-14-15-17-18-20-22-24-30(45)29(42-33(46)25-23-21-19-16-12-10-8-6-4-2)28-52-40-38(51)36(49)39(32(27-44)54-40)55-41-37(50)35(48)34(47)31(26-43)53-41/h22,24,29-32,34-41,43-45,47-51H,3-21,23,25-28H2,1-2H3,(H,42,46)/b24-22+. The van der Waals surface area contributed by atoms with Crippen molar-refractivity contribution in [1.82, 2.24) is 5.32 Å². The van der Waals surface area contributed by atoms with Crippen LogP contribution in [0.3, 0.4) is 0 Å². The van der Waals surface area contributed by atoms with E-state index in [0.717, 1.165) is 38.5 Å². The Morgan fingerprint density at radius 1 is 0.636 bits per heavy atom. The molecule has 14 heteroatoms. The molecule has 0 radical (unpaired) electrons. The molecule has 14 nitrogen and oxygen atoms in total. The second-order valence-electron chi connectivity index (χ2n) is 15.5. The molecule has 2 aliphatic rings. The van der Waals surface area contributed by atoms with Crippen LogP contribution >= 0.6 is 0 Å². The van der Waals surface area contributed by atoms with Crippen molar-refractivity contribution >= 4 is 5.91 Å². The van der Waals surface area contributed by atoms with Crippen LogP contribution in [0.15, 0.2) is 12.2 Å². The molecule has 2 aliphatic heterocycles. The maximum Gasteiger partial charge on any atom is 0.220 e. The molecule has 2 fully saturated rings. The second kappa shape index (κ2) is 29.9. The Hall–Kier alpha value is -1.27. The molecule has 55 heavy (non-hydrogen) atoms. The van der Waals surface area contributed by atoms with Gasteiger partial charge < -0.3 is 65.1 Å². The summed E-state index contributed by atoms with van der Waals surface area (Å²) in [6, 6.07) is -0.904. The Morgan fingerprint density at radius 2 is 1.13 bits per heavy atom. The highest BCUT2D eigenvalue weighted by Gasteiger charge is 2.50. The molecule has 0 aromatic heterocycles. The van der Waals surface area contributed by atoms with E-state index in [1.54, 1.807) is 6.08 Å². The third-order valence-corrected chi connectivity index (χ3v) is 10.7. The molecule has 0 saturated carbocycles. The summed E-state index contributed by atoms with van der Waals surface area (Å²) in [7, 11) is 0. The van der Waals surface area contributed by atoms with Gasteiger partial charge in [0.2, 0.25) is 5.91 Å². The van der Waals surface area contributed by atoms with Crippen molar-refractivity contribution in [3.63, 3.8) is 0 Å². The maximum atomic E-state index is 13.0. The normalized spacial score (nSPS) is 29.8. The van der Waals surface area contributed by atoms with Crippen LogP contribution in [-0.2, 0) is 23.7 Å². The average Bonchev–Trinajstić information content (AvgIpc) is 3.18. The number of hydrogen-bond acceptors (Lipinski definition) is 13. The topological polar surface area (TPSA) is 228 Å². The lowest BCUT2D eigenvalue weighted by atomic mass is 9.97. The van der Waals surface area contributed by atoms with Crippen molar-refractivity contribution in [3.05, 3.63) is 12.2 Å². The van der Waals surface area contributed by atoms with Crippen LogP contribution in [-0.4, -0.2) is 140 Å². The van der Waals surface area contributed by atoms with Crippen molar-refractivity contribution in [2.75, 3.05) is 19.8 Å². The predicted octanol–water partition coefficient (Wildman–Crippen LogP) is 3.26. The number of carbonyl (C=O) groups is 1. The van der Waals surface area contributed by atoms with Gasteiger partial charge in [0.05, 0.1) is 32.0 Å². The third-order valence-electron chi connectivity index (χ3n) is 10.7. The molecular formula is C41H77NO13. The van der Waals surface area contributed by atoms with E-state index in [0.29, 0.717) is 6.42 Å². The highest BCUT2D eigenvalue weighted by atomic mass is 16.7. The molecule has 0 bridgehead atoms. The molecular weight excluding hydrogens is 714 g/mol. The van der Waals surface area contributed by atoms with Crippen molar-refractivity contribution in [2.45, 2.75) is 222 Å². The number of hydrogen-bond donors (Lipinski definition) is 9. The quantitative estimate of drug-likeness (QED) is 0.0364. The Bertz CT molecular complexity index is 988. The highest BCUT2D eigenvalue weighted by molar-refractivity contribution is 5.76. The number of rotatable bonds is 31. The van der Waals surface area contributed by atoms with E-state index in [4.69, 9.17) is 18.9 Å². The van der Waals surface area contributed by atoms with Gasteiger partial charge in [0.25, 0.3) is 0 Å². The van der Waals surface area contributed by atoms with Gasteiger partial charge in [-0.05, 0) is 19.3 Å². The summed E-state index contributed by atoms with van der Waals surface area (Å²) in [6.07, 6.45) is 9.89. The Balaban J connectivity index is 1.94. The molecule has 324 valence electrons. The van der Waals surface area contributed by atoms with Crippen LogP contribution < -0.4 is 5.32 Å². The van der Waals surface area contributed by atoms with Crippen LogP contribution in [0.4, 0.5) is 0 Å². The minimum atomic E-state index is -1.78. The van der Waals surface area contributed by atoms with Gasteiger partial charge >= 0.3 is 0 Å². The van der Waals surface area contributed by atoms with Crippen molar-refractivity contribution in [1.29, 1.82) is 0 Å². The summed E-state index contributed by atoms with van der Waals surface area (Å²) in [5.74, 6) is -0.245. The lowest BCUT2D eigenvalue weighted by molar-refractivity contribution is -0.359. The summed E-state index contributed by atoms with van der Waals surface area (Å²) < 4.78 is 22.5. The molecule has 2 saturated heterocycles. The first-order valence-corrected chi connectivity index (χ1v) is 21.4. The zero-order valence-corrected chi connectivity index (χ0v) is 33.7. The van der Waals surface area contributed by atoms with Gasteiger partial charge in [0.15, 0.2) is 12.6 Å². The third kappa shape index (κ3) is 18.9. The van der Waals surface area contributed by atoms with Gasteiger partial charge in [-0.3, -0.25) is 4.79 Å². The van der Waals surface area contributed by atoms with Crippen LogP contribution in [0.5, 0.6) is 0 Å². The smallest absolute Gasteiger partial charge is 0.220 e. The minimum Gasteiger partial charge on any atom is -0.394 e. The van der Waals surface area contributed by atoms with Gasteiger partial charge in [-0.25, -0.2) is 0 Å². The van der Waals surface area contributed by atoms with Crippen LogP contribution in [0.1, 0.15) is 149 Å². The monoisotopic (exact) mass is 792 g/mol. The van der Waals surface area contributed by atoms with E-state index >= 15 is 0 Å². The van der Waals surface area contributed by atoms with Crippen LogP contribution in [0.2, 0.25) is 0 Å². The number of carbonyl (C=O) groups excluding carboxylic acids is 1. The van der Waals surface area contributed by atoms with Crippen molar-refractivity contribution in [2.24, 2.45) is 0 Å². The molecule has 0 aromatic carbocycles. The number of aliphatic hydroxyl groups is 8. The van der Waals surface area contributed by atoms with E-state index < -0.39 is 86.8 Å². The fraction of sp³-hybridized carbons (Fsp3) is 0.927. The van der Waals surface area contributed by atoms with Crippen molar-refractivity contribution in [3.8, 4) is 0 Å². The van der Waals surface area contributed by atoms with Crippen LogP contribution in [0.25, 0.3) is 0 Å². The molecule has 1 amide bonds. The molecule has 12 unspecified atom stereocenters. The Kier molecular flexibility index (Phi) is 27.1. The fourth-order valence-electron chi connectivity index (χ4n) is 7.11. The average molecular weight is 792 g/mol. The molecule has 0 spiro atoms. The number of allylic oxidation sites excluding steroid dienone is 1. The lowest BCUT2D eigenvalue weighted by Crippen LogP contribution is -2.65. The van der Waals surface area contributed by atoms with E-state index in [-0.39, 0.29) is 18.9 Å². The molecule has 12 atom stereocenters. The first-order chi connectivity index (χ1) is 26.6. The van der Waals surface area contributed by atoms with E-state index in [1.165, 1.54) is 83.5 Å². The van der Waals surface area contributed by atoms with Gasteiger partial charge in [0, 0.05) is 6.42 Å². The summed E-state index contributed by atoms with van der Waals surface area (Å²) in [5, 5.41) is 86.2. The van der Waals surface area contributed by atoms with Gasteiger partial charge in [-0.1, -0.05) is 135 Å². The minimum absolute atomic E-state index is 0.245. The molecule has 2 heterocycles. The SMILES string of the molecule is CCCCCCCCCCCC/C=C/C(O)C(COC1OC(CO)C(OC2OC(CO)C(O)C(O)C2O)C(O)C1O)NC(=O)CCCCCCCCCCC. The maximum absolute atomic E-state index is 13.0. The first kappa shape index (κ1) is 49.9. The largest absolute Gasteiger partial charge is 0.394 e. The Labute approximate surface area is 329 Å². The Morgan fingerprint density at radius 3 is 1.67 bits per heavy atom. The van der Waals surface area contributed by atoms with E-state index in [9.17, 15) is 45.6 Å². The van der Waals surface area contributed by atoms with Gasteiger partial charge in [0.1, 0.15) is 48.8 Å². The molecule has 2 rings (SSSR count). The van der Waals surface area contributed by atoms with Gasteiger partial charge in [-0.15, -0.1) is 0 Å². The fourth-order valence-corrected chi connectivity index (χ4v) is 7.11. The molecule has 0 aromatic rings. The summed E-state index contributed by atoms with van der Waals surface area (Å²) in [4.78, 5) is 13.0. The number of nitrogens with one attached hydrogen (secondary N) is 1. The summed E-state index contributed by atoms with van der Waals surface area (Å²) in [5.41, 5.74) is 0. The molecule has 9 N–H and O–H groups in total. The predicted molar refractivity (Wildman–Crippen MR) is 208 cm³/mol. The lowest BCUT2D eigenvalue weighted by Gasteiger charge is -2.46. The first-order valence-electron chi connectivity index (χ1n) is 21.4. The van der Waals surface area contributed by atoms with Crippen LogP contribution in [0, 0.1) is 0 Å². The number of ether oxygens (including phenoxy) is 4. The zero-order chi connectivity index (χ0) is 40.4. The highest BCUT2D eigenvalue weighted by Crippen LogP contribution is 2.30. The van der Waals surface area contributed by atoms with Gasteiger partial charge in [-0.2, -0.15) is 0 Å². The summed E-state index contributed by atoms with van der Waals surface area (Å²) >= 11 is 0. The van der Waals surface area contributed by atoms with Crippen molar-refractivity contribution < 1.29 is 64.6 Å². The number of amides is 1. The van der Waals surface area contributed by atoms with E-state index in [1.807, 2.05) is 6.08 Å². The zero-order valence-electron chi connectivity index (χ0n) is 33.7.